The molecule has 0 N–H and O–H groups in total. The van der Waals surface area contributed by atoms with Crippen LogP contribution in [0.5, 0.6) is 0 Å². The molecule has 0 fully saturated rings. The molecule has 4 heteroatoms. The van der Waals surface area contributed by atoms with Crippen molar-refractivity contribution >= 4 is 46.4 Å². The Labute approximate surface area is 200 Å². The Balaban J connectivity index is 1.87. The molecule has 0 bridgehead atoms. The SMILES string of the molecule is COC(=O)/C=C/c1ccc(C(=O)C=P(c2ccccc2)(c2ccccc2)c2ccccc2)cc1. The van der Waals surface area contributed by atoms with E-state index in [-0.39, 0.29) is 5.78 Å². The van der Waals surface area contributed by atoms with E-state index >= 15 is 0 Å². The molecular formula is C30H25O3P. The van der Waals surface area contributed by atoms with Crippen molar-refractivity contribution in [2.45, 2.75) is 0 Å². The highest BCUT2D eigenvalue weighted by Gasteiger charge is 2.26. The van der Waals surface area contributed by atoms with Crippen LogP contribution in [0.25, 0.3) is 6.08 Å². The summed E-state index contributed by atoms with van der Waals surface area (Å²) in [5.41, 5.74) is 1.42. The van der Waals surface area contributed by atoms with E-state index < -0.39 is 12.9 Å². The number of hydrogen-bond acceptors (Lipinski definition) is 3. The van der Waals surface area contributed by atoms with Gasteiger partial charge in [0.25, 0.3) is 0 Å². The number of carbonyl (C=O) groups is 2. The first-order valence-corrected chi connectivity index (χ1v) is 12.8. The number of carbonyl (C=O) groups excluding carboxylic acids is 2. The molecule has 4 aromatic rings. The molecule has 0 atom stereocenters. The van der Waals surface area contributed by atoms with Crippen LogP contribution < -0.4 is 15.9 Å². The number of ketones is 1. The summed E-state index contributed by atoms with van der Waals surface area (Å²) in [5.74, 6) is 1.47. The van der Waals surface area contributed by atoms with Crippen molar-refractivity contribution in [3.05, 3.63) is 132 Å². The Morgan fingerprint density at radius 1 is 0.647 bits per heavy atom. The lowest BCUT2D eigenvalue weighted by molar-refractivity contribution is -0.134. The first-order chi connectivity index (χ1) is 16.6. The topological polar surface area (TPSA) is 43.4 Å². The summed E-state index contributed by atoms with van der Waals surface area (Å²) in [4.78, 5) is 25.0. The van der Waals surface area contributed by atoms with Crippen LogP contribution in [0, 0.1) is 0 Å². The van der Waals surface area contributed by atoms with Gasteiger partial charge in [0.15, 0.2) is 5.78 Å². The predicted molar refractivity (Wildman–Crippen MR) is 143 cm³/mol. The van der Waals surface area contributed by atoms with Gasteiger partial charge in [-0.3, -0.25) is 4.79 Å². The number of esters is 1. The van der Waals surface area contributed by atoms with Gasteiger partial charge in [0, 0.05) is 11.6 Å². The normalized spacial score (nSPS) is 11.2. The van der Waals surface area contributed by atoms with Gasteiger partial charge in [0.05, 0.1) is 7.11 Å². The number of Topliss-reactive ketones (excluding diaryl/α,β-unsaturated/α-hetero) is 1. The average Bonchev–Trinajstić information content (AvgIpc) is 2.92. The van der Waals surface area contributed by atoms with Crippen molar-refractivity contribution in [2.75, 3.05) is 7.11 Å². The zero-order chi connectivity index (χ0) is 23.8. The molecule has 0 spiro atoms. The van der Waals surface area contributed by atoms with Crippen molar-refractivity contribution in [3.8, 4) is 0 Å². The molecule has 0 aliphatic heterocycles. The standard InChI is InChI=1S/C30H25O3P/c1-33-30(32)22-19-24-17-20-25(21-18-24)29(31)23-34(26-11-5-2-6-12-26,27-13-7-3-8-14-27)28-15-9-4-10-16-28/h2-23H,1H3/b22-19+. The van der Waals surface area contributed by atoms with Gasteiger partial charge in [0.2, 0.25) is 0 Å². The van der Waals surface area contributed by atoms with E-state index in [1.165, 1.54) is 13.2 Å². The number of rotatable bonds is 7. The molecule has 0 aliphatic rings. The number of hydrogen-bond donors (Lipinski definition) is 0. The zero-order valence-electron chi connectivity index (χ0n) is 18.9. The van der Waals surface area contributed by atoms with Crippen molar-refractivity contribution in [2.24, 2.45) is 0 Å². The molecule has 0 amide bonds. The monoisotopic (exact) mass is 464 g/mol. The Morgan fingerprint density at radius 3 is 1.50 bits per heavy atom. The molecule has 34 heavy (non-hydrogen) atoms. The van der Waals surface area contributed by atoms with Crippen molar-refractivity contribution < 1.29 is 14.3 Å². The molecule has 168 valence electrons. The lowest BCUT2D eigenvalue weighted by atomic mass is 10.1. The van der Waals surface area contributed by atoms with Crippen LogP contribution in [0.3, 0.4) is 0 Å². The summed E-state index contributed by atoms with van der Waals surface area (Å²) in [7, 11) is 1.34. The Kier molecular flexibility index (Phi) is 7.37. The molecular weight excluding hydrogens is 439 g/mol. The summed E-state index contributed by atoms with van der Waals surface area (Å²) in [6, 6.07) is 38.0. The second-order valence-corrected chi connectivity index (χ2v) is 11.0. The molecule has 4 aromatic carbocycles. The molecule has 0 aromatic heterocycles. The summed E-state index contributed by atoms with van der Waals surface area (Å²) >= 11 is 0. The number of ether oxygens (including phenoxy) is 1. The van der Waals surface area contributed by atoms with Crippen LogP contribution >= 0.6 is 6.89 Å². The highest BCUT2D eigenvalue weighted by Crippen LogP contribution is 2.43. The summed E-state index contributed by atoms with van der Waals surface area (Å²) in [6.45, 7) is -2.37. The average molecular weight is 465 g/mol. The highest BCUT2D eigenvalue weighted by atomic mass is 31.2. The predicted octanol–water partition coefficient (Wildman–Crippen LogP) is 4.85. The van der Waals surface area contributed by atoms with E-state index in [9.17, 15) is 9.59 Å². The molecule has 0 saturated heterocycles. The largest absolute Gasteiger partial charge is 0.466 e. The van der Waals surface area contributed by atoms with Crippen LogP contribution in [-0.4, -0.2) is 24.7 Å². The highest BCUT2D eigenvalue weighted by molar-refractivity contribution is 7.95. The third kappa shape index (κ3) is 5.01. The van der Waals surface area contributed by atoms with Crippen LogP contribution in [0.4, 0.5) is 0 Å². The van der Waals surface area contributed by atoms with Crippen LogP contribution in [-0.2, 0) is 9.53 Å². The molecule has 3 nitrogen and oxygen atoms in total. The maximum absolute atomic E-state index is 13.7. The Bertz CT molecular complexity index is 1240. The van der Waals surface area contributed by atoms with Gasteiger partial charge in [-0.15, -0.1) is 0 Å². The van der Waals surface area contributed by atoms with Crippen molar-refractivity contribution in [1.29, 1.82) is 0 Å². The molecule has 0 saturated carbocycles. The van der Waals surface area contributed by atoms with Gasteiger partial charge in [-0.2, -0.15) is 0 Å². The molecule has 4 rings (SSSR count). The van der Waals surface area contributed by atoms with Crippen LogP contribution in [0.2, 0.25) is 0 Å². The van der Waals surface area contributed by atoms with E-state index in [0.29, 0.717) is 5.56 Å². The Morgan fingerprint density at radius 2 is 1.09 bits per heavy atom. The third-order valence-corrected chi connectivity index (χ3v) is 9.57. The van der Waals surface area contributed by atoms with E-state index in [0.717, 1.165) is 21.5 Å². The lowest BCUT2D eigenvalue weighted by Gasteiger charge is -2.28. The summed E-state index contributed by atoms with van der Waals surface area (Å²) in [5, 5.41) is 3.37. The third-order valence-electron chi connectivity index (χ3n) is 5.61. The van der Waals surface area contributed by atoms with E-state index in [2.05, 4.69) is 41.1 Å². The van der Waals surface area contributed by atoms with Gasteiger partial charge < -0.3 is 4.74 Å². The van der Waals surface area contributed by atoms with Crippen molar-refractivity contribution in [1.82, 2.24) is 0 Å². The molecule has 0 heterocycles. The minimum absolute atomic E-state index is 0.0339. The van der Waals surface area contributed by atoms with Gasteiger partial charge in [-0.05, 0) is 40.2 Å². The fourth-order valence-corrected chi connectivity index (χ4v) is 7.67. The number of benzene rings is 4. The van der Waals surface area contributed by atoms with E-state index in [1.54, 1.807) is 18.2 Å². The number of methoxy groups -OCH3 is 1. The van der Waals surface area contributed by atoms with E-state index in [4.69, 9.17) is 0 Å². The van der Waals surface area contributed by atoms with Crippen LogP contribution in [0.1, 0.15) is 15.9 Å². The minimum Gasteiger partial charge on any atom is -0.466 e. The van der Waals surface area contributed by atoms with Gasteiger partial charge in [0.1, 0.15) is 0 Å². The quantitative estimate of drug-likeness (QED) is 0.170. The summed E-state index contributed by atoms with van der Waals surface area (Å²) < 4.78 is 4.63. The fraction of sp³-hybridized carbons (Fsp3) is 0.0333. The first kappa shape index (κ1) is 23.2. The lowest BCUT2D eigenvalue weighted by Crippen LogP contribution is -2.28. The Hall–Kier alpha value is -3.94. The molecule has 0 aliphatic carbocycles. The second kappa shape index (κ2) is 10.8. The maximum atomic E-state index is 13.7. The van der Waals surface area contributed by atoms with Crippen LogP contribution in [0.15, 0.2) is 121 Å². The van der Waals surface area contributed by atoms with Gasteiger partial charge >= 0.3 is 5.97 Å². The summed E-state index contributed by atoms with van der Waals surface area (Å²) in [6.07, 6.45) is 3.03. The smallest absolute Gasteiger partial charge is 0.330 e. The van der Waals surface area contributed by atoms with E-state index in [1.807, 2.05) is 72.5 Å². The zero-order valence-corrected chi connectivity index (χ0v) is 19.8. The minimum atomic E-state index is -2.37. The van der Waals surface area contributed by atoms with Crippen molar-refractivity contribution in [3.63, 3.8) is 0 Å². The molecule has 0 unspecified atom stereocenters. The van der Waals surface area contributed by atoms with Gasteiger partial charge in [-0.25, -0.2) is 4.79 Å². The molecule has 0 radical (unpaired) electrons. The maximum Gasteiger partial charge on any atom is 0.330 e. The fourth-order valence-electron chi connectivity index (χ4n) is 3.90. The first-order valence-electron chi connectivity index (χ1n) is 11.0. The van der Waals surface area contributed by atoms with Gasteiger partial charge in [-0.1, -0.05) is 115 Å². The second-order valence-electron chi connectivity index (χ2n) is 7.70.